The monoisotopic (exact) mass is 382 g/mol. The number of aromatic nitrogens is 2. The summed E-state index contributed by atoms with van der Waals surface area (Å²) in [6.45, 7) is 0. The van der Waals surface area contributed by atoms with Crippen LogP contribution in [-0.2, 0) is 11.5 Å². The molecule has 0 spiro atoms. The molecule has 0 aliphatic carbocycles. The van der Waals surface area contributed by atoms with Gasteiger partial charge in [-0.25, -0.2) is 9.37 Å². The third kappa shape index (κ3) is 3.71. The molecule has 130 valence electrons. The fraction of sp³-hybridized carbons (Fsp3) is 0.100. The number of fused-ring (bicyclic) bond motifs is 1. The van der Waals surface area contributed by atoms with Gasteiger partial charge in [0, 0.05) is 10.6 Å². The number of benzene rings is 2. The summed E-state index contributed by atoms with van der Waals surface area (Å²) in [5.41, 5.74) is 1.88. The number of thioether (sulfide) groups is 1. The molecular weight excluding hydrogens is 367 g/mol. The zero-order valence-electron chi connectivity index (χ0n) is 13.7. The molecule has 0 bridgehead atoms. The fourth-order valence-electron chi connectivity index (χ4n) is 2.68. The molecule has 2 heterocycles. The van der Waals surface area contributed by atoms with Crippen LogP contribution >= 0.6 is 23.1 Å². The second-order valence-corrected chi connectivity index (χ2v) is 7.85. The number of hydrogen-bond donors (Lipinski definition) is 1. The van der Waals surface area contributed by atoms with Gasteiger partial charge in [0.1, 0.15) is 16.5 Å². The van der Waals surface area contributed by atoms with E-state index in [1.807, 2.05) is 42.5 Å². The number of H-pyrrole nitrogens is 1. The minimum atomic E-state index is -0.233. The zero-order chi connectivity index (χ0) is 17.9. The topological polar surface area (TPSA) is 45.8 Å². The van der Waals surface area contributed by atoms with Gasteiger partial charge in [-0.1, -0.05) is 42.5 Å². The van der Waals surface area contributed by atoms with E-state index in [1.165, 1.54) is 23.5 Å². The predicted octanol–water partition coefficient (Wildman–Crippen LogP) is 5.22. The minimum Gasteiger partial charge on any atom is -0.309 e. The minimum absolute atomic E-state index is 0.116. The first-order valence-electron chi connectivity index (χ1n) is 8.09. The summed E-state index contributed by atoms with van der Waals surface area (Å²) in [5.74, 6) is 1.65. The maximum Gasteiger partial charge on any atom is 0.259 e. The lowest BCUT2D eigenvalue weighted by atomic mass is 10.2. The van der Waals surface area contributed by atoms with Crippen LogP contribution in [0.4, 0.5) is 4.39 Å². The summed E-state index contributed by atoms with van der Waals surface area (Å²) in [6.07, 6.45) is 0. The molecule has 2 aromatic heterocycles. The van der Waals surface area contributed by atoms with Crippen LogP contribution in [0.1, 0.15) is 11.4 Å². The Kier molecular flexibility index (Phi) is 4.86. The summed E-state index contributed by atoms with van der Waals surface area (Å²) in [7, 11) is 0. The van der Waals surface area contributed by atoms with Gasteiger partial charge in [0.05, 0.1) is 11.1 Å². The van der Waals surface area contributed by atoms with Crippen LogP contribution in [0.2, 0.25) is 0 Å². The molecule has 0 amide bonds. The molecule has 1 N–H and O–H groups in total. The lowest BCUT2D eigenvalue weighted by Gasteiger charge is -2.02. The van der Waals surface area contributed by atoms with E-state index in [-0.39, 0.29) is 11.4 Å². The van der Waals surface area contributed by atoms with Crippen molar-refractivity contribution in [1.82, 2.24) is 9.97 Å². The third-order valence-electron chi connectivity index (χ3n) is 3.91. The highest BCUT2D eigenvalue weighted by Crippen LogP contribution is 2.31. The van der Waals surface area contributed by atoms with Gasteiger partial charge in [-0.05, 0) is 29.3 Å². The molecule has 0 saturated carbocycles. The molecule has 2 aromatic carbocycles. The Morgan fingerprint density at radius 3 is 2.69 bits per heavy atom. The largest absolute Gasteiger partial charge is 0.309 e. The van der Waals surface area contributed by atoms with Crippen molar-refractivity contribution in [2.24, 2.45) is 0 Å². The first-order valence-corrected chi connectivity index (χ1v) is 10.1. The molecule has 0 unspecified atom stereocenters. The normalized spacial score (nSPS) is 11.1. The van der Waals surface area contributed by atoms with Crippen molar-refractivity contribution < 1.29 is 4.39 Å². The van der Waals surface area contributed by atoms with Gasteiger partial charge in [0.2, 0.25) is 0 Å². The summed E-state index contributed by atoms with van der Waals surface area (Å²) in [6, 6.07) is 18.4. The molecule has 0 radical (unpaired) electrons. The van der Waals surface area contributed by atoms with Crippen LogP contribution in [0.3, 0.4) is 0 Å². The Morgan fingerprint density at radius 2 is 1.88 bits per heavy atom. The van der Waals surface area contributed by atoms with Crippen LogP contribution in [-0.4, -0.2) is 9.97 Å². The van der Waals surface area contributed by atoms with E-state index in [0.717, 1.165) is 20.8 Å². The van der Waals surface area contributed by atoms with Crippen LogP contribution in [0.15, 0.2) is 65.5 Å². The van der Waals surface area contributed by atoms with Crippen molar-refractivity contribution >= 4 is 33.3 Å². The second-order valence-electron chi connectivity index (χ2n) is 5.83. The third-order valence-corrected chi connectivity index (χ3v) is 6.00. The Labute approximate surface area is 157 Å². The van der Waals surface area contributed by atoms with Crippen molar-refractivity contribution in [3.05, 3.63) is 88.2 Å². The lowest BCUT2D eigenvalue weighted by Crippen LogP contribution is -2.09. The van der Waals surface area contributed by atoms with E-state index in [0.29, 0.717) is 22.7 Å². The van der Waals surface area contributed by atoms with Crippen LogP contribution < -0.4 is 5.56 Å². The predicted molar refractivity (Wildman–Crippen MR) is 107 cm³/mol. The van der Waals surface area contributed by atoms with E-state index < -0.39 is 0 Å². The molecule has 4 rings (SSSR count). The van der Waals surface area contributed by atoms with Crippen LogP contribution in [0.5, 0.6) is 0 Å². The molecular formula is C20H15FN2OS2. The number of rotatable bonds is 5. The maximum absolute atomic E-state index is 13.2. The summed E-state index contributed by atoms with van der Waals surface area (Å²) >= 11 is 3.11. The Morgan fingerprint density at radius 1 is 1.04 bits per heavy atom. The number of nitrogens with one attached hydrogen (secondary N) is 1. The fourth-order valence-corrected chi connectivity index (χ4v) is 4.59. The standard InChI is InChI=1S/C20H15FN2OS2/c21-15-8-4-5-13(9-15)11-25-12-18-22-19(24)16-10-17(26-20(16)23-18)14-6-2-1-3-7-14/h1-10H,11-12H2,(H,22,23,24). The van der Waals surface area contributed by atoms with E-state index in [4.69, 9.17) is 0 Å². The highest BCUT2D eigenvalue weighted by atomic mass is 32.2. The Balaban J connectivity index is 1.54. The SMILES string of the molecule is O=c1[nH]c(CSCc2cccc(F)c2)nc2sc(-c3ccccc3)cc12. The average molecular weight is 382 g/mol. The molecule has 26 heavy (non-hydrogen) atoms. The summed E-state index contributed by atoms with van der Waals surface area (Å²) < 4.78 is 13.2. The molecule has 4 aromatic rings. The van der Waals surface area contributed by atoms with Crippen LogP contribution in [0.25, 0.3) is 20.7 Å². The summed E-state index contributed by atoms with van der Waals surface area (Å²) in [4.78, 5) is 21.6. The molecule has 0 atom stereocenters. The van der Waals surface area contributed by atoms with Gasteiger partial charge < -0.3 is 4.98 Å². The van der Waals surface area contributed by atoms with Crippen molar-refractivity contribution in [3.8, 4) is 10.4 Å². The molecule has 0 aliphatic heterocycles. The molecule has 0 aliphatic rings. The van der Waals surface area contributed by atoms with Gasteiger partial charge in [-0.2, -0.15) is 0 Å². The van der Waals surface area contributed by atoms with Crippen molar-refractivity contribution in [1.29, 1.82) is 0 Å². The lowest BCUT2D eigenvalue weighted by molar-refractivity contribution is 0.626. The number of thiophene rings is 1. The molecule has 0 fully saturated rings. The number of nitrogens with zero attached hydrogens (tertiary/aromatic N) is 1. The maximum atomic E-state index is 13.2. The van der Waals surface area contributed by atoms with Gasteiger partial charge in [0.15, 0.2) is 0 Å². The van der Waals surface area contributed by atoms with E-state index in [9.17, 15) is 9.18 Å². The highest BCUT2D eigenvalue weighted by molar-refractivity contribution is 7.97. The molecule has 0 saturated heterocycles. The van der Waals surface area contributed by atoms with Gasteiger partial charge in [-0.15, -0.1) is 23.1 Å². The Bertz CT molecular complexity index is 1110. The molecule has 3 nitrogen and oxygen atoms in total. The quantitative estimate of drug-likeness (QED) is 0.514. The van der Waals surface area contributed by atoms with E-state index in [2.05, 4.69) is 9.97 Å². The Hall–Kier alpha value is -2.44. The van der Waals surface area contributed by atoms with Crippen LogP contribution in [0, 0.1) is 5.82 Å². The zero-order valence-corrected chi connectivity index (χ0v) is 15.4. The van der Waals surface area contributed by atoms with Gasteiger partial charge in [-0.3, -0.25) is 4.79 Å². The first kappa shape index (κ1) is 17.0. The van der Waals surface area contributed by atoms with Gasteiger partial charge in [0.25, 0.3) is 5.56 Å². The smallest absolute Gasteiger partial charge is 0.259 e. The molecule has 6 heteroatoms. The highest BCUT2D eigenvalue weighted by Gasteiger charge is 2.10. The number of aromatic amines is 1. The van der Waals surface area contributed by atoms with Crippen molar-refractivity contribution in [2.75, 3.05) is 0 Å². The second kappa shape index (κ2) is 7.43. The number of hydrogen-bond acceptors (Lipinski definition) is 4. The summed E-state index contributed by atoms with van der Waals surface area (Å²) in [5, 5.41) is 0.618. The average Bonchev–Trinajstić information content (AvgIpc) is 3.07. The van der Waals surface area contributed by atoms with E-state index in [1.54, 1.807) is 17.8 Å². The first-order chi connectivity index (χ1) is 12.7. The van der Waals surface area contributed by atoms with Crippen molar-refractivity contribution in [3.63, 3.8) is 0 Å². The van der Waals surface area contributed by atoms with Gasteiger partial charge >= 0.3 is 0 Å². The van der Waals surface area contributed by atoms with E-state index >= 15 is 0 Å². The number of halogens is 1. The van der Waals surface area contributed by atoms with Crippen molar-refractivity contribution in [2.45, 2.75) is 11.5 Å².